The molecule has 3 aliphatic heterocycles. The third-order valence-corrected chi connectivity index (χ3v) is 22.0. The van der Waals surface area contributed by atoms with Crippen LogP contribution in [0.1, 0.15) is 68.9 Å². The van der Waals surface area contributed by atoms with Crippen molar-refractivity contribution in [2.24, 2.45) is 46.3 Å². The Kier molecular flexibility index (Phi) is 5.51. The van der Waals surface area contributed by atoms with E-state index in [1.165, 1.54) is 119 Å². The molecule has 4 nitrogen and oxygen atoms in total. The maximum absolute atomic E-state index is 6.90. The number of ether oxygens (including phenoxy) is 1. The molecule has 0 N–H and O–H groups in total. The summed E-state index contributed by atoms with van der Waals surface area (Å²) < 4.78 is 9.72. The number of hydrogen-bond acceptors (Lipinski definition) is 3. The van der Waals surface area contributed by atoms with Crippen LogP contribution >= 0.6 is 0 Å². The molecule has 9 aliphatic carbocycles. The molecule has 0 amide bonds. The van der Waals surface area contributed by atoms with E-state index in [0.29, 0.717) is 16.2 Å². The second kappa shape index (κ2) is 10.7. The summed E-state index contributed by atoms with van der Waals surface area (Å²) in [5, 5.41) is 2.99. The van der Waals surface area contributed by atoms with Crippen molar-refractivity contribution < 1.29 is 4.74 Å². The fourth-order valence-electron chi connectivity index (χ4n) is 19.8. The zero-order valence-electron chi connectivity index (χ0n) is 37.0. The molecule has 2 spiro atoms. The lowest BCUT2D eigenvalue weighted by atomic mass is 9.25. The highest BCUT2D eigenvalue weighted by molar-refractivity contribution is 6.90. The molecular weight excluding hydrogens is 802 g/mol. The van der Waals surface area contributed by atoms with E-state index in [4.69, 9.17) is 4.74 Å². The molecule has 8 aromatic rings. The Balaban J connectivity index is 0.939. The molecule has 7 unspecified atom stereocenters. The van der Waals surface area contributed by atoms with Crippen LogP contribution in [0.3, 0.4) is 0 Å². The van der Waals surface area contributed by atoms with Crippen molar-refractivity contribution in [3.63, 3.8) is 0 Å². The molecule has 0 saturated heterocycles. The van der Waals surface area contributed by atoms with E-state index in [0.717, 1.165) is 64.1 Å². The van der Waals surface area contributed by atoms with Crippen LogP contribution in [0.5, 0.6) is 11.5 Å². The van der Waals surface area contributed by atoms with Gasteiger partial charge in [0.15, 0.2) is 11.5 Å². The number of fused-ring (bicyclic) bond motifs is 10. The minimum Gasteiger partial charge on any atom is -0.453 e. The Hall–Kier alpha value is -6.20. The Labute approximate surface area is 385 Å². The molecule has 7 atom stereocenters. The summed E-state index contributed by atoms with van der Waals surface area (Å²) in [6.07, 6.45) is 13.0. The van der Waals surface area contributed by atoms with Gasteiger partial charge in [-0.1, -0.05) is 66.7 Å². The monoisotopic (exact) mass is 849 g/mol. The molecule has 4 bridgehead atoms. The van der Waals surface area contributed by atoms with Crippen LogP contribution in [0.25, 0.3) is 32.9 Å². The maximum Gasteiger partial charge on any atom is 0.333 e. The van der Waals surface area contributed by atoms with E-state index in [9.17, 15) is 0 Å². The number of para-hydroxylation sites is 5. The Morgan fingerprint density at radius 3 is 2.12 bits per heavy atom. The van der Waals surface area contributed by atoms with Crippen molar-refractivity contribution in [2.45, 2.75) is 68.6 Å². The summed E-state index contributed by atoms with van der Waals surface area (Å²) in [6, 6.07) is 56.2. The van der Waals surface area contributed by atoms with Gasteiger partial charge in [0.1, 0.15) is 0 Å². The zero-order valence-corrected chi connectivity index (χ0v) is 37.0. The predicted molar refractivity (Wildman–Crippen MR) is 265 cm³/mol. The van der Waals surface area contributed by atoms with Gasteiger partial charge in [0, 0.05) is 55.5 Å². The molecule has 20 rings (SSSR count). The van der Waals surface area contributed by atoms with Gasteiger partial charge in [-0.05, 0) is 216 Å². The number of aromatic nitrogens is 1. The number of benzene rings is 7. The van der Waals surface area contributed by atoms with Gasteiger partial charge in [-0.15, -0.1) is 0 Å². The topological polar surface area (TPSA) is 20.6 Å². The van der Waals surface area contributed by atoms with Gasteiger partial charge in [0.25, 0.3) is 0 Å². The van der Waals surface area contributed by atoms with Crippen molar-refractivity contribution in [2.75, 3.05) is 9.80 Å². The van der Waals surface area contributed by atoms with Crippen LogP contribution in [-0.4, -0.2) is 11.3 Å². The molecule has 5 heteroatoms. The lowest BCUT2D eigenvalue weighted by Crippen LogP contribution is -2.74. The molecule has 0 radical (unpaired) electrons. The minimum atomic E-state index is -0.0159. The van der Waals surface area contributed by atoms with Gasteiger partial charge in [0.2, 0.25) is 0 Å². The number of rotatable bonds is 5. The largest absolute Gasteiger partial charge is 0.453 e. The Bertz CT molecular complexity index is 3550. The number of nitrogens with zero attached hydrogens (tertiary/aromatic N) is 3. The third kappa shape index (κ3) is 3.41. The second-order valence-corrected chi connectivity index (χ2v) is 23.5. The molecule has 12 aliphatic rings. The Morgan fingerprint density at radius 1 is 0.576 bits per heavy atom. The van der Waals surface area contributed by atoms with Crippen LogP contribution in [0, 0.1) is 46.3 Å². The van der Waals surface area contributed by atoms with Crippen LogP contribution in [0.2, 0.25) is 0 Å². The minimum absolute atomic E-state index is 0.0159. The smallest absolute Gasteiger partial charge is 0.333 e. The van der Waals surface area contributed by atoms with E-state index < -0.39 is 0 Å². The van der Waals surface area contributed by atoms with E-state index >= 15 is 0 Å². The molecule has 9 saturated carbocycles. The standard InChI is InChI=1S/C61H48BN3O/c1-3-10-41(11-4-1)63(42-12-5-2-6-13-42)43-26-45-47-25-36(58-29-38-21-37-22-39(30-58)60(37,38)33-58)24-46-44-23-35(59-31-40-20-34-28-61(40,59)48(34)32-59)18-19-50(44)65(56(46)47)62-49-14-9-17-54-57(49)64(52(27-43)55(45)62)51-15-7-8-16-53(51)66-54/h1-19,23-27,34,37-40,48H,20-22,28-33H2. The summed E-state index contributed by atoms with van der Waals surface area (Å²) in [6.45, 7) is -0.0159. The van der Waals surface area contributed by atoms with Gasteiger partial charge in [0.05, 0.1) is 11.4 Å². The third-order valence-electron chi connectivity index (χ3n) is 22.0. The molecule has 4 heterocycles. The summed E-state index contributed by atoms with van der Waals surface area (Å²) in [5.74, 6) is 7.69. The highest BCUT2D eigenvalue weighted by Crippen LogP contribution is 2.91. The van der Waals surface area contributed by atoms with Crippen molar-refractivity contribution in [1.29, 1.82) is 0 Å². The second-order valence-electron chi connectivity index (χ2n) is 23.5. The number of hydrogen-bond donors (Lipinski definition) is 0. The van der Waals surface area contributed by atoms with Gasteiger partial charge in [-0.3, -0.25) is 0 Å². The first-order valence-electron chi connectivity index (χ1n) is 25.5. The quantitative estimate of drug-likeness (QED) is 0.161. The van der Waals surface area contributed by atoms with Gasteiger partial charge in [-0.25, -0.2) is 0 Å². The Morgan fingerprint density at radius 2 is 1.35 bits per heavy atom. The first-order chi connectivity index (χ1) is 32.6. The van der Waals surface area contributed by atoms with Crippen LogP contribution in [-0.2, 0) is 10.8 Å². The fraction of sp³-hybridized carbons (Fsp3) is 0.311. The molecule has 66 heavy (non-hydrogen) atoms. The van der Waals surface area contributed by atoms with E-state index in [-0.39, 0.29) is 12.3 Å². The van der Waals surface area contributed by atoms with Crippen LogP contribution in [0.4, 0.5) is 34.1 Å². The first kappa shape index (κ1) is 34.2. The van der Waals surface area contributed by atoms with Gasteiger partial charge >= 0.3 is 6.85 Å². The van der Waals surface area contributed by atoms with Gasteiger partial charge in [-0.2, -0.15) is 0 Å². The van der Waals surface area contributed by atoms with E-state index in [1.54, 1.807) is 11.1 Å². The SMILES string of the molecule is c1ccc(N(c2ccccc2)c2cc3c4c(c2)N2c5ccccc5Oc5cccc(c52)B4n2c4ccc(C56CC7CC8CC75C8C6)cc4c4cc(C56CC7CC8CC(C5)C87C6)cc-3c42)cc1. The highest BCUT2D eigenvalue weighted by Gasteiger charge is 2.86. The summed E-state index contributed by atoms with van der Waals surface area (Å²) in [7, 11) is 0. The highest BCUT2D eigenvalue weighted by atomic mass is 16.5. The van der Waals surface area contributed by atoms with E-state index in [2.05, 4.69) is 160 Å². The van der Waals surface area contributed by atoms with Crippen molar-refractivity contribution in [3.8, 4) is 22.6 Å². The molecular formula is C61H48BN3O. The van der Waals surface area contributed by atoms with Crippen molar-refractivity contribution >= 4 is 73.7 Å². The summed E-state index contributed by atoms with van der Waals surface area (Å²) in [4.78, 5) is 5.06. The number of anilines is 6. The molecule has 316 valence electrons. The first-order valence-corrected chi connectivity index (χ1v) is 25.5. The predicted octanol–water partition coefficient (Wildman–Crippen LogP) is 13.6. The van der Waals surface area contributed by atoms with Crippen LogP contribution in [0.15, 0.2) is 146 Å². The van der Waals surface area contributed by atoms with E-state index in [1.807, 2.05) is 0 Å². The average Bonchev–Trinajstić information content (AvgIpc) is 4.07. The molecule has 7 aromatic carbocycles. The van der Waals surface area contributed by atoms with Crippen molar-refractivity contribution in [3.05, 3.63) is 157 Å². The normalized spacial score (nSPS) is 34.4. The fourth-order valence-corrected chi connectivity index (χ4v) is 19.8. The van der Waals surface area contributed by atoms with Crippen LogP contribution < -0.4 is 25.5 Å². The summed E-state index contributed by atoms with van der Waals surface area (Å²) >= 11 is 0. The van der Waals surface area contributed by atoms with Gasteiger partial charge < -0.3 is 19.0 Å². The average molecular weight is 850 g/mol. The lowest BCUT2D eigenvalue weighted by Gasteiger charge is -2.79. The van der Waals surface area contributed by atoms with Crippen molar-refractivity contribution in [1.82, 2.24) is 4.48 Å². The summed E-state index contributed by atoms with van der Waals surface area (Å²) in [5.41, 5.74) is 20.6. The molecule has 1 aromatic heterocycles. The maximum atomic E-state index is 6.90. The zero-order chi connectivity index (χ0) is 42.2. The lowest BCUT2D eigenvalue weighted by molar-refractivity contribution is -0.252. The molecule has 9 fully saturated rings.